The molecular formula is C29H38N2O2S. The number of benzene rings is 2. The van der Waals surface area contributed by atoms with Gasteiger partial charge in [-0.05, 0) is 67.6 Å². The number of H-pyrrole nitrogens is 1. The molecule has 1 aromatic heterocycles. The van der Waals surface area contributed by atoms with Gasteiger partial charge in [0, 0.05) is 41.6 Å². The van der Waals surface area contributed by atoms with Gasteiger partial charge in [-0.15, -0.1) is 0 Å². The number of ether oxygens (including phenoxy) is 1. The summed E-state index contributed by atoms with van der Waals surface area (Å²) in [6.07, 6.45) is 9.46. The highest BCUT2D eigenvalue weighted by Gasteiger charge is 2.20. The number of likely N-dealkylation sites (tertiary alicyclic amines) is 1. The minimum Gasteiger partial charge on any atom is -0.427 e. The maximum atomic E-state index is 12.2. The smallest absolute Gasteiger partial charge is 0.311 e. The van der Waals surface area contributed by atoms with Crippen LogP contribution in [-0.2, 0) is 10.5 Å². The van der Waals surface area contributed by atoms with Gasteiger partial charge in [-0.3, -0.25) is 4.79 Å². The molecule has 1 N–H and O–H groups in total. The molecule has 0 saturated carbocycles. The molecule has 34 heavy (non-hydrogen) atoms. The minimum atomic E-state index is -0.127. The number of rotatable bonds is 12. The zero-order valence-electron chi connectivity index (χ0n) is 20.4. The van der Waals surface area contributed by atoms with Crippen LogP contribution in [0.15, 0.2) is 54.7 Å². The van der Waals surface area contributed by atoms with Crippen LogP contribution in [0.3, 0.4) is 0 Å². The van der Waals surface area contributed by atoms with Crippen molar-refractivity contribution in [3.63, 3.8) is 0 Å². The van der Waals surface area contributed by atoms with E-state index in [1.54, 1.807) is 0 Å². The molecule has 2 heterocycles. The molecule has 4 rings (SSSR count). The van der Waals surface area contributed by atoms with E-state index in [9.17, 15) is 4.79 Å². The highest BCUT2D eigenvalue weighted by Crippen LogP contribution is 2.29. The third kappa shape index (κ3) is 7.13. The van der Waals surface area contributed by atoms with Crippen molar-refractivity contribution in [1.82, 2.24) is 9.88 Å². The van der Waals surface area contributed by atoms with Gasteiger partial charge in [-0.25, -0.2) is 0 Å². The number of hydrogen-bond donors (Lipinski definition) is 1. The fourth-order valence-electron chi connectivity index (χ4n) is 4.81. The Balaban J connectivity index is 1.20. The number of carbonyl (C=O) groups excluding carboxylic acids is 1. The Morgan fingerprint density at radius 3 is 2.71 bits per heavy atom. The van der Waals surface area contributed by atoms with E-state index in [2.05, 4.69) is 53.3 Å². The lowest BCUT2D eigenvalue weighted by Gasteiger charge is -2.32. The van der Waals surface area contributed by atoms with Gasteiger partial charge in [0.2, 0.25) is 0 Å². The van der Waals surface area contributed by atoms with E-state index < -0.39 is 0 Å². The third-order valence-electron chi connectivity index (χ3n) is 6.87. The van der Waals surface area contributed by atoms with Gasteiger partial charge in [0.05, 0.1) is 0 Å². The standard InChI is InChI=1S/C29H38N2O2S/c1-2-3-4-8-11-29(32)33-26-12-13-28-27(20-26)25(21-30-28)22-34-19-18-31-16-14-24(15-17-31)23-9-6-5-7-10-23/h5-7,9-10,12-13,20-21,24,30H,2-4,8,11,14-19,22H2,1H3. The Morgan fingerprint density at radius 1 is 1.09 bits per heavy atom. The molecule has 0 radical (unpaired) electrons. The number of nitrogens with one attached hydrogen (secondary N) is 1. The maximum absolute atomic E-state index is 12.2. The molecule has 0 bridgehead atoms. The van der Waals surface area contributed by atoms with Crippen molar-refractivity contribution >= 4 is 28.6 Å². The van der Waals surface area contributed by atoms with Crippen molar-refractivity contribution in [2.45, 2.75) is 63.5 Å². The molecule has 0 amide bonds. The van der Waals surface area contributed by atoms with Crippen LogP contribution in [0.4, 0.5) is 0 Å². The first-order chi connectivity index (χ1) is 16.7. The monoisotopic (exact) mass is 478 g/mol. The number of thioether (sulfide) groups is 1. The first-order valence-electron chi connectivity index (χ1n) is 12.9. The summed E-state index contributed by atoms with van der Waals surface area (Å²) in [6, 6.07) is 16.9. The van der Waals surface area contributed by atoms with Crippen LogP contribution in [0, 0.1) is 0 Å². The van der Waals surface area contributed by atoms with Crippen molar-refractivity contribution in [3.8, 4) is 5.75 Å². The quantitative estimate of drug-likeness (QED) is 0.170. The van der Waals surface area contributed by atoms with E-state index in [0.29, 0.717) is 12.2 Å². The number of piperidine rings is 1. The van der Waals surface area contributed by atoms with Gasteiger partial charge in [0.25, 0.3) is 0 Å². The lowest BCUT2D eigenvalue weighted by atomic mass is 9.89. The van der Waals surface area contributed by atoms with E-state index in [1.165, 1.54) is 49.9 Å². The molecule has 1 aliphatic heterocycles. The van der Waals surface area contributed by atoms with Crippen LogP contribution in [0.1, 0.15) is 68.9 Å². The van der Waals surface area contributed by atoms with E-state index >= 15 is 0 Å². The van der Waals surface area contributed by atoms with Gasteiger partial charge < -0.3 is 14.6 Å². The fourth-order valence-corrected chi connectivity index (χ4v) is 5.80. The zero-order valence-corrected chi connectivity index (χ0v) is 21.2. The molecule has 1 aliphatic rings. The fraction of sp³-hybridized carbons (Fsp3) is 0.483. The van der Waals surface area contributed by atoms with E-state index in [1.807, 2.05) is 30.0 Å². The van der Waals surface area contributed by atoms with E-state index in [0.717, 1.165) is 47.7 Å². The van der Waals surface area contributed by atoms with Crippen LogP contribution in [0.25, 0.3) is 10.9 Å². The van der Waals surface area contributed by atoms with Crippen molar-refractivity contribution in [2.24, 2.45) is 0 Å². The summed E-state index contributed by atoms with van der Waals surface area (Å²) in [6.45, 7) is 5.71. The highest BCUT2D eigenvalue weighted by molar-refractivity contribution is 7.98. The molecule has 1 saturated heterocycles. The Hall–Kier alpha value is -2.24. The van der Waals surface area contributed by atoms with Gasteiger partial charge in [0.1, 0.15) is 5.75 Å². The summed E-state index contributed by atoms with van der Waals surface area (Å²) in [5, 5.41) is 1.16. The van der Waals surface area contributed by atoms with Crippen molar-refractivity contribution < 1.29 is 9.53 Å². The molecule has 182 valence electrons. The van der Waals surface area contributed by atoms with Crippen molar-refractivity contribution in [1.29, 1.82) is 0 Å². The molecule has 0 aliphatic carbocycles. The highest BCUT2D eigenvalue weighted by atomic mass is 32.2. The number of fused-ring (bicyclic) bond motifs is 1. The largest absolute Gasteiger partial charge is 0.427 e. The minimum absolute atomic E-state index is 0.127. The SMILES string of the molecule is CCCCCCC(=O)Oc1ccc2[nH]cc(CSCCN3CCC(c4ccccc4)CC3)c2c1. The summed E-state index contributed by atoms with van der Waals surface area (Å²) in [4.78, 5) is 18.1. The van der Waals surface area contributed by atoms with Crippen LogP contribution >= 0.6 is 11.8 Å². The van der Waals surface area contributed by atoms with Gasteiger partial charge in [-0.2, -0.15) is 11.8 Å². The average molecular weight is 479 g/mol. The lowest BCUT2D eigenvalue weighted by Crippen LogP contribution is -2.34. The second-order valence-electron chi connectivity index (χ2n) is 9.39. The number of carbonyl (C=O) groups is 1. The van der Waals surface area contributed by atoms with Gasteiger partial charge in [-0.1, -0.05) is 56.5 Å². The maximum Gasteiger partial charge on any atom is 0.311 e. The second kappa shape index (κ2) is 13.0. The van der Waals surface area contributed by atoms with E-state index in [4.69, 9.17) is 4.74 Å². The summed E-state index contributed by atoms with van der Waals surface area (Å²) in [5.74, 6) is 3.35. The molecule has 1 fully saturated rings. The van der Waals surface area contributed by atoms with Gasteiger partial charge in [0.15, 0.2) is 0 Å². The molecule has 5 heteroatoms. The number of hydrogen-bond acceptors (Lipinski definition) is 4. The normalized spacial score (nSPS) is 15.1. The van der Waals surface area contributed by atoms with Crippen molar-refractivity contribution in [3.05, 3.63) is 65.9 Å². The summed E-state index contributed by atoms with van der Waals surface area (Å²) in [7, 11) is 0. The molecule has 0 spiro atoms. The zero-order chi connectivity index (χ0) is 23.6. The number of esters is 1. The Labute approximate surface area is 208 Å². The Kier molecular flexibility index (Phi) is 9.52. The molecule has 2 aromatic carbocycles. The summed E-state index contributed by atoms with van der Waals surface area (Å²) >= 11 is 1.98. The molecule has 3 aromatic rings. The number of nitrogens with zero attached hydrogens (tertiary/aromatic N) is 1. The van der Waals surface area contributed by atoms with E-state index in [-0.39, 0.29) is 5.97 Å². The van der Waals surface area contributed by atoms with Crippen molar-refractivity contribution in [2.75, 3.05) is 25.4 Å². The Morgan fingerprint density at radius 2 is 1.91 bits per heavy atom. The second-order valence-corrected chi connectivity index (χ2v) is 10.5. The van der Waals surface area contributed by atoms with Gasteiger partial charge >= 0.3 is 5.97 Å². The molecule has 0 atom stereocenters. The predicted octanol–water partition coefficient (Wildman–Crippen LogP) is 7.16. The summed E-state index contributed by atoms with van der Waals surface area (Å²) < 4.78 is 5.61. The lowest BCUT2D eigenvalue weighted by molar-refractivity contribution is -0.134. The average Bonchev–Trinajstić information content (AvgIpc) is 3.27. The molecule has 0 unspecified atom stereocenters. The van der Waals surface area contributed by atoms with Crippen LogP contribution in [0.5, 0.6) is 5.75 Å². The Bertz CT molecular complexity index is 1030. The molecule has 4 nitrogen and oxygen atoms in total. The predicted molar refractivity (Wildman–Crippen MR) is 144 cm³/mol. The first-order valence-corrected chi connectivity index (χ1v) is 14.0. The third-order valence-corrected chi connectivity index (χ3v) is 7.86. The molecular weight excluding hydrogens is 440 g/mol. The number of aromatic amines is 1. The first kappa shape index (κ1) is 24.9. The number of aromatic nitrogens is 1. The van der Waals surface area contributed by atoms with Crippen LogP contribution in [-0.4, -0.2) is 41.2 Å². The van der Waals surface area contributed by atoms with Crippen LogP contribution < -0.4 is 4.74 Å². The topological polar surface area (TPSA) is 45.3 Å². The number of unbranched alkanes of at least 4 members (excludes halogenated alkanes) is 3. The summed E-state index contributed by atoms with van der Waals surface area (Å²) in [5.41, 5.74) is 3.88. The van der Waals surface area contributed by atoms with Crippen LogP contribution in [0.2, 0.25) is 0 Å².